The van der Waals surface area contributed by atoms with Gasteiger partial charge in [-0.15, -0.1) is 0 Å². The molecule has 2 unspecified atom stereocenters. The smallest absolute Gasteiger partial charge is 0.360 e. The van der Waals surface area contributed by atoms with E-state index in [4.69, 9.17) is 9.84 Å². The maximum absolute atomic E-state index is 11.1. The van der Waals surface area contributed by atoms with E-state index >= 15 is 0 Å². The molecular formula is C14H20N2O3. The molecule has 1 aliphatic rings. The first-order chi connectivity index (χ1) is 8.87. The molecule has 1 fully saturated rings. The van der Waals surface area contributed by atoms with Crippen LogP contribution in [0.5, 0.6) is 5.88 Å². The van der Waals surface area contributed by atoms with Crippen molar-refractivity contribution >= 4 is 5.97 Å². The van der Waals surface area contributed by atoms with Gasteiger partial charge in [-0.25, -0.2) is 14.8 Å². The summed E-state index contributed by atoms with van der Waals surface area (Å²) >= 11 is 0. The molecule has 1 heterocycles. The fourth-order valence-electron chi connectivity index (χ4n) is 3.06. The zero-order chi connectivity index (χ0) is 14.0. The van der Waals surface area contributed by atoms with Crippen molar-refractivity contribution in [3.05, 3.63) is 18.1 Å². The number of rotatable bonds is 3. The zero-order valence-corrected chi connectivity index (χ0v) is 11.6. The number of carbonyl (C=O) groups is 1. The van der Waals surface area contributed by atoms with E-state index in [0.717, 1.165) is 12.8 Å². The summed E-state index contributed by atoms with van der Waals surface area (Å²) in [7, 11) is 0. The molecule has 1 aromatic rings. The number of ether oxygens (including phenoxy) is 1. The second kappa shape index (κ2) is 5.15. The highest BCUT2D eigenvalue weighted by molar-refractivity contribution is 5.87. The van der Waals surface area contributed by atoms with Gasteiger partial charge in [-0.05, 0) is 30.6 Å². The fourth-order valence-corrected chi connectivity index (χ4v) is 3.06. The van der Waals surface area contributed by atoms with Crippen molar-refractivity contribution in [1.29, 1.82) is 0 Å². The summed E-state index contributed by atoms with van der Waals surface area (Å²) in [6, 6.07) is 0. The van der Waals surface area contributed by atoms with E-state index in [1.807, 2.05) is 0 Å². The number of carboxylic acid groups (broad SMARTS) is 1. The second-order valence-corrected chi connectivity index (χ2v) is 6.17. The van der Waals surface area contributed by atoms with Crippen molar-refractivity contribution in [3.63, 3.8) is 0 Å². The summed E-state index contributed by atoms with van der Waals surface area (Å²) in [5.41, 5.74) is 0.104. The third kappa shape index (κ3) is 3.43. The van der Waals surface area contributed by atoms with Crippen molar-refractivity contribution in [2.45, 2.75) is 46.1 Å². The molecule has 0 amide bonds. The lowest BCUT2D eigenvalue weighted by molar-refractivity contribution is 0.0497. The molecule has 0 aliphatic heterocycles. The van der Waals surface area contributed by atoms with E-state index < -0.39 is 5.97 Å². The first kappa shape index (κ1) is 13.8. The van der Waals surface area contributed by atoms with Crippen molar-refractivity contribution in [3.8, 4) is 5.88 Å². The number of hydrogen-bond acceptors (Lipinski definition) is 4. The number of carboxylic acids is 1. The SMILES string of the molecule is CC1CC(Oc2nccnc2C(=O)O)CC(C)(C)C1. The predicted molar refractivity (Wildman–Crippen MR) is 70.2 cm³/mol. The number of aromatic carboxylic acids is 1. The Balaban J connectivity index is 2.15. The Morgan fingerprint density at radius 2 is 2.05 bits per heavy atom. The van der Waals surface area contributed by atoms with E-state index in [1.54, 1.807) is 0 Å². The lowest BCUT2D eigenvalue weighted by Gasteiger charge is -2.38. The van der Waals surface area contributed by atoms with Gasteiger partial charge in [-0.3, -0.25) is 0 Å². The van der Waals surface area contributed by atoms with E-state index in [0.29, 0.717) is 5.92 Å². The van der Waals surface area contributed by atoms with Crippen LogP contribution in [0, 0.1) is 11.3 Å². The van der Waals surface area contributed by atoms with Crippen LogP contribution in [0.25, 0.3) is 0 Å². The monoisotopic (exact) mass is 264 g/mol. The lowest BCUT2D eigenvalue weighted by Crippen LogP contribution is -2.34. The Morgan fingerprint density at radius 3 is 2.68 bits per heavy atom. The van der Waals surface area contributed by atoms with Gasteiger partial charge in [0.05, 0.1) is 0 Å². The summed E-state index contributed by atoms with van der Waals surface area (Å²) in [5.74, 6) is -0.408. The minimum atomic E-state index is -1.11. The van der Waals surface area contributed by atoms with Gasteiger partial charge < -0.3 is 9.84 Å². The molecule has 1 aliphatic carbocycles. The molecular weight excluding hydrogens is 244 g/mol. The van der Waals surface area contributed by atoms with Crippen LogP contribution >= 0.6 is 0 Å². The molecule has 1 aromatic heterocycles. The normalized spacial score (nSPS) is 25.8. The Bertz CT molecular complexity index is 474. The van der Waals surface area contributed by atoms with Crippen LogP contribution in [0.2, 0.25) is 0 Å². The first-order valence-electron chi connectivity index (χ1n) is 6.58. The van der Waals surface area contributed by atoms with Gasteiger partial charge >= 0.3 is 5.97 Å². The van der Waals surface area contributed by atoms with E-state index in [-0.39, 0.29) is 23.1 Å². The summed E-state index contributed by atoms with van der Waals surface area (Å²) in [5, 5.41) is 9.07. The maximum Gasteiger partial charge on any atom is 0.360 e. The van der Waals surface area contributed by atoms with Crippen molar-refractivity contribution in [1.82, 2.24) is 9.97 Å². The Kier molecular flexibility index (Phi) is 3.73. The third-order valence-corrected chi connectivity index (χ3v) is 3.49. The van der Waals surface area contributed by atoms with E-state index in [1.165, 1.54) is 18.8 Å². The molecule has 5 nitrogen and oxygen atoms in total. The van der Waals surface area contributed by atoms with Gasteiger partial charge in [-0.2, -0.15) is 0 Å². The highest BCUT2D eigenvalue weighted by Crippen LogP contribution is 2.39. The molecule has 5 heteroatoms. The van der Waals surface area contributed by atoms with E-state index in [2.05, 4.69) is 30.7 Å². The summed E-state index contributed by atoms with van der Waals surface area (Å²) in [4.78, 5) is 18.9. The Morgan fingerprint density at radius 1 is 1.37 bits per heavy atom. The summed E-state index contributed by atoms with van der Waals surface area (Å²) in [6.07, 6.45) is 5.84. The van der Waals surface area contributed by atoms with Crippen LogP contribution in [0.15, 0.2) is 12.4 Å². The average molecular weight is 264 g/mol. The molecule has 0 aromatic carbocycles. The van der Waals surface area contributed by atoms with Gasteiger partial charge in [-0.1, -0.05) is 20.8 Å². The van der Waals surface area contributed by atoms with Crippen molar-refractivity contribution in [2.75, 3.05) is 0 Å². The van der Waals surface area contributed by atoms with Crippen LogP contribution in [0.3, 0.4) is 0 Å². The zero-order valence-electron chi connectivity index (χ0n) is 11.6. The molecule has 0 saturated heterocycles. The minimum absolute atomic E-state index is 0.00792. The lowest BCUT2D eigenvalue weighted by atomic mass is 9.71. The van der Waals surface area contributed by atoms with E-state index in [9.17, 15) is 4.79 Å². The topological polar surface area (TPSA) is 72.3 Å². The van der Waals surface area contributed by atoms with Crippen LogP contribution < -0.4 is 4.74 Å². The van der Waals surface area contributed by atoms with Crippen LogP contribution in [-0.2, 0) is 0 Å². The van der Waals surface area contributed by atoms with Gasteiger partial charge in [0.2, 0.25) is 11.6 Å². The van der Waals surface area contributed by atoms with Crippen molar-refractivity contribution in [2.24, 2.45) is 11.3 Å². The highest BCUT2D eigenvalue weighted by atomic mass is 16.5. The van der Waals surface area contributed by atoms with Gasteiger partial charge in [0.1, 0.15) is 6.10 Å². The molecule has 0 radical (unpaired) electrons. The Hall–Kier alpha value is -1.65. The highest BCUT2D eigenvalue weighted by Gasteiger charge is 2.34. The van der Waals surface area contributed by atoms with Crippen LogP contribution in [0.4, 0.5) is 0 Å². The minimum Gasteiger partial charge on any atom is -0.476 e. The molecule has 0 spiro atoms. The molecule has 1 N–H and O–H groups in total. The van der Waals surface area contributed by atoms with Gasteiger partial charge in [0.25, 0.3) is 0 Å². The number of aromatic nitrogens is 2. The quantitative estimate of drug-likeness (QED) is 0.908. The second-order valence-electron chi connectivity index (χ2n) is 6.17. The first-order valence-corrected chi connectivity index (χ1v) is 6.58. The summed E-state index contributed by atoms with van der Waals surface area (Å²) < 4.78 is 5.80. The summed E-state index contributed by atoms with van der Waals surface area (Å²) in [6.45, 7) is 6.63. The molecule has 104 valence electrons. The standard InChI is InChI=1S/C14H20N2O3/c1-9-6-10(8-14(2,3)7-9)19-12-11(13(17)18)15-4-5-16-12/h4-5,9-10H,6-8H2,1-3H3,(H,17,18). The van der Waals surface area contributed by atoms with Crippen LogP contribution in [0.1, 0.15) is 50.5 Å². The molecule has 1 saturated carbocycles. The van der Waals surface area contributed by atoms with Crippen LogP contribution in [-0.4, -0.2) is 27.1 Å². The largest absolute Gasteiger partial charge is 0.476 e. The molecule has 2 rings (SSSR count). The number of nitrogens with zero attached hydrogens (tertiary/aromatic N) is 2. The fraction of sp³-hybridized carbons (Fsp3) is 0.643. The predicted octanol–water partition coefficient (Wildman–Crippen LogP) is 2.77. The molecule has 19 heavy (non-hydrogen) atoms. The maximum atomic E-state index is 11.1. The third-order valence-electron chi connectivity index (χ3n) is 3.49. The number of hydrogen-bond donors (Lipinski definition) is 1. The molecule has 0 bridgehead atoms. The Labute approximate surface area is 113 Å². The van der Waals surface area contributed by atoms with Gasteiger partial charge in [0, 0.05) is 12.4 Å². The average Bonchev–Trinajstić information content (AvgIpc) is 2.26. The van der Waals surface area contributed by atoms with Gasteiger partial charge in [0.15, 0.2) is 0 Å². The van der Waals surface area contributed by atoms with Crippen molar-refractivity contribution < 1.29 is 14.6 Å². The molecule has 2 atom stereocenters.